The van der Waals surface area contributed by atoms with Crippen molar-refractivity contribution >= 4 is 25.8 Å². The van der Waals surface area contributed by atoms with Gasteiger partial charge in [0.2, 0.25) is 0 Å². The Morgan fingerprint density at radius 2 is 1.71 bits per heavy atom. The smallest absolute Gasteiger partial charge is 0.178 e. The van der Waals surface area contributed by atoms with Crippen LogP contribution in [-0.4, -0.2) is 19.5 Å². The zero-order chi connectivity index (χ0) is 13.1. The van der Waals surface area contributed by atoms with Crippen molar-refractivity contribution in [2.24, 2.45) is 5.92 Å². The van der Waals surface area contributed by atoms with Gasteiger partial charge in [-0.1, -0.05) is 48.8 Å². The van der Waals surface area contributed by atoms with Gasteiger partial charge in [0.25, 0.3) is 0 Å². The first-order valence-corrected chi connectivity index (χ1v) is 8.58. The number of benzene rings is 1. The molecule has 0 bridgehead atoms. The predicted molar refractivity (Wildman–Crippen MR) is 75.5 cm³/mol. The third-order valence-corrected chi connectivity index (χ3v) is 6.01. The molecule has 2 unspecified atom stereocenters. The minimum atomic E-state index is -3.08. The molecule has 0 aliphatic carbocycles. The van der Waals surface area contributed by atoms with Crippen molar-refractivity contribution in [3.8, 4) is 0 Å². The summed E-state index contributed by atoms with van der Waals surface area (Å²) in [7, 11) is -3.08. The number of rotatable bonds is 5. The van der Waals surface area contributed by atoms with Crippen molar-refractivity contribution in [1.29, 1.82) is 0 Å². The molecule has 0 N–H and O–H groups in total. The van der Waals surface area contributed by atoms with Gasteiger partial charge in [0, 0.05) is 5.33 Å². The van der Waals surface area contributed by atoms with Crippen LogP contribution in [0.3, 0.4) is 0 Å². The molecule has 1 aromatic carbocycles. The van der Waals surface area contributed by atoms with Crippen LogP contribution in [0.4, 0.5) is 0 Å². The molecule has 0 heterocycles. The lowest BCUT2D eigenvalue weighted by Crippen LogP contribution is -2.08. The summed E-state index contributed by atoms with van der Waals surface area (Å²) in [4.78, 5) is 0.419. The fourth-order valence-electron chi connectivity index (χ4n) is 1.61. The molecule has 0 fully saturated rings. The van der Waals surface area contributed by atoms with Gasteiger partial charge in [-0.2, -0.15) is 0 Å². The molecule has 2 nitrogen and oxygen atoms in total. The predicted octanol–water partition coefficient (Wildman–Crippen LogP) is 3.61. The SMILES string of the molecule is CCS(=O)(=O)c1ccc(C(C)C(C)CBr)cc1. The summed E-state index contributed by atoms with van der Waals surface area (Å²) in [6, 6.07) is 7.27. The lowest BCUT2D eigenvalue weighted by Gasteiger charge is -2.18. The van der Waals surface area contributed by atoms with Crippen LogP contribution in [0.25, 0.3) is 0 Å². The maximum Gasteiger partial charge on any atom is 0.178 e. The van der Waals surface area contributed by atoms with Crippen LogP contribution >= 0.6 is 15.9 Å². The van der Waals surface area contributed by atoms with Crippen molar-refractivity contribution in [2.45, 2.75) is 31.6 Å². The molecule has 0 spiro atoms. The van der Waals surface area contributed by atoms with Gasteiger partial charge in [0.15, 0.2) is 9.84 Å². The van der Waals surface area contributed by atoms with Crippen molar-refractivity contribution in [3.63, 3.8) is 0 Å². The molecule has 4 heteroatoms. The maximum absolute atomic E-state index is 11.7. The molecular weight excluding hydrogens is 300 g/mol. The number of halogens is 1. The number of hydrogen-bond donors (Lipinski definition) is 0. The van der Waals surface area contributed by atoms with Gasteiger partial charge in [0.1, 0.15) is 0 Å². The van der Waals surface area contributed by atoms with E-state index >= 15 is 0 Å². The van der Waals surface area contributed by atoms with Crippen LogP contribution in [0, 0.1) is 5.92 Å². The first-order valence-electron chi connectivity index (χ1n) is 5.81. The van der Waals surface area contributed by atoms with Gasteiger partial charge in [-0.05, 0) is 29.5 Å². The van der Waals surface area contributed by atoms with Crippen LogP contribution in [-0.2, 0) is 9.84 Å². The Hall–Kier alpha value is -0.350. The standard InChI is InChI=1S/C13H19BrO2S/c1-4-17(15,16)13-7-5-12(6-8-13)11(3)10(2)9-14/h5-8,10-11H,4,9H2,1-3H3. The van der Waals surface area contributed by atoms with Crippen LogP contribution in [0.15, 0.2) is 29.2 Å². The van der Waals surface area contributed by atoms with E-state index in [4.69, 9.17) is 0 Å². The molecule has 0 radical (unpaired) electrons. The third-order valence-electron chi connectivity index (χ3n) is 3.24. The summed E-state index contributed by atoms with van der Waals surface area (Å²) in [6.07, 6.45) is 0. The maximum atomic E-state index is 11.7. The normalized spacial score (nSPS) is 15.5. The Balaban J connectivity index is 2.96. The molecule has 2 atom stereocenters. The van der Waals surface area contributed by atoms with E-state index in [1.807, 2.05) is 12.1 Å². The lowest BCUT2D eigenvalue weighted by molar-refractivity contribution is 0.546. The highest BCUT2D eigenvalue weighted by Crippen LogP contribution is 2.26. The van der Waals surface area contributed by atoms with Crippen LogP contribution in [0.2, 0.25) is 0 Å². The second-order valence-corrected chi connectivity index (χ2v) is 7.32. The molecule has 0 aliphatic rings. The Bertz CT molecular complexity index is 451. The van der Waals surface area contributed by atoms with E-state index in [2.05, 4.69) is 29.8 Å². The molecule has 0 saturated heterocycles. The largest absolute Gasteiger partial charge is 0.224 e. The average molecular weight is 319 g/mol. The molecule has 96 valence electrons. The molecule has 0 aliphatic heterocycles. The van der Waals surface area contributed by atoms with Crippen molar-refractivity contribution < 1.29 is 8.42 Å². The Labute approximate surface area is 112 Å². The number of sulfone groups is 1. The molecular formula is C13H19BrO2S. The van der Waals surface area contributed by atoms with E-state index in [0.29, 0.717) is 16.7 Å². The molecule has 0 saturated carbocycles. The van der Waals surface area contributed by atoms with Crippen molar-refractivity contribution in [1.82, 2.24) is 0 Å². The zero-order valence-corrected chi connectivity index (χ0v) is 12.9. The Morgan fingerprint density at radius 3 is 2.12 bits per heavy atom. The van der Waals surface area contributed by atoms with E-state index in [-0.39, 0.29) is 5.75 Å². The van der Waals surface area contributed by atoms with E-state index in [1.165, 1.54) is 5.56 Å². The summed E-state index contributed by atoms with van der Waals surface area (Å²) in [5.74, 6) is 1.11. The van der Waals surface area contributed by atoms with E-state index < -0.39 is 9.84 Å². The molecule has 0 amide bonds. The average Bonchev–Trinajstić information content (AvgIpc) is 2.37. The topological polar surface area (TPSA) is 34.1 Å². The Morgan fingerprint density at radius 1 is 1.18 bits per heavy atom. The van der Waals surface area contributed by atoms with E-state index in [0.717, 1.165) is 5.33 Å². The summed E-state index contributed by atoms with van der Waals surface area (Å²) in [6.45, 7) is 6.00. The fraction of sp³-hybridized carbons (Fsp3) is 0.538. The first kappa shape index (κ1) is 14.7. The minimum absolute atomic E-state index is 0.152. The van der Waals surface area contributed by atoms with Crippen LogP contribution in [0.5, 0.6) is 0 Å². The summed E-state index contributed by atoms with van der Waals surface area (Å²) < 4.78 is 23.3. The second kappa shape index (κ2) is 6.01. The number of alkyl halides is 1. The quantitative estimate of drug-likeness (QED) is 0.777. The van der Waals surface area contributed by atoms with Crippen molar-refractivity contribution in [3.05, 3.63) is 29.8 Å². The molecule has 17 heavy (non-hydrogen) atoms. The minimum Gasteiger partial charge on any atom is -0.224 e. The summed E-state index contributed by atoms with van der Waals surface area (Å²) >= 11 is 3.47. The van der Waals surface area contributed by atoms with E-state index in [9.17, 15) is 8.42 Å². The van der Waals surface area contributed by atoms with Crippen molar-refractivity contribution in [2.75, 3.05) is 11.1 Å². The van der Waals surface area contributed by atoms with Gasteiger partial charge >= 0.3 is 0 Å². The highest BCUT2D eigenvalue weighted by Gasteiger charge is 2.15. The zero-order valence-electron chi connectivity index (χ0n) is 10.5. The number of hydrogen-bond acceptors (Lipinski definition) is 2. The second-order valence-electron chi connectivity index (χ2n) is 4.39. The highest BCUT2D eigenvalue weighted by molar-refractivity contribution is 9.09. The molecule has 1 rings (SSSR count). The highest BCUT2D eigenvalue weighted by atomic mass is 79.9. The van der Waals surface area contributed by atoms with Gasteiger partial charge in [-0.3, -0.25) is 0 Å². The Kier molecular flexibility index (Phi) is 5.20. The first-order chi connectivity index (χ1) is 7.92. The van der Waals surface area contributed by atoms with Crippen LogP contribution in [0.1, 0.15) is 32.3 Å². The van der Waals surface area contributed by atoms with Gasteiger partial charge in [0.05, 0.1) is 10.6 Å². The fourth-order valence-corrected chi connectivity index (χ4v) is 3.05. The molecule has 0 aromatic heterocycles. The van der Waals surface area contributed by atoms with Gasteiger partial charge < -0.3 is 0 Å². The van der Waals surface area contributed by atoms with Gasteiger partial charge in [-0.15, -0.1) is 0 Å². The lowest BCUT2D eigenvalue weighted by atomic mass is 9.90. The van der Waals surface area contributed by atoms with E-state index in [1.54, 1.807) is 19.1 Å². The monoisotopic (exact) mass is 318 g/mol. The van der Waals surface area contributed by atoms with Gasteiger partial charge in [-0.25, -0.2) is 8.42 Å². The van der Waals surface area contributed by atoms with Crippen LogP contribution < -0.4 is 0 Å². The third kappa shape index (κ3) is 3.55. The summed E-state index contributed by atoms with van der Waals surface area (Å²) in [5.41, 5.74) is 1.19. The molecule has 1 aromatic rings. The summed E-state index contributed by atoms with van der Waals surface area (Å²) in [5, 5.41) is 0.948.